The number of fused-ring (bicyclic) bond motifs is 2. The first-order chi connectivity index (χ1) is 19.7. The van der Waals surface area contributed by atoms with Crippen LogP contribution in [0.4, 0.5) is 0 Å². The fourth-order valence-corrected chi connectivity index (χ4v) is 4.75. The first-order valence-electron chi connectivity index (χ1n) is 12.2. The van der Waals surface area contributed by atoms with Crippen LogP contribution in [0.3, 0.4) is 0 Å². The van der Waals surface area contributed by atoms with Crippen LogP contribution in [0, 0.1) is 0 Å². The lowest BCUT2D eigenvalue weighted by atomic mass is 9.96. The highest BCUT2D eigenvalue weighted by Gasteiger charge is 2.27. The quantitative estimate of drug-likeness (QED) is 0.190. The summed E-state index contributed by atoms with van der Waals surface area (Å²) in [6.07, 6.45) is 0. The molecule has 204 valence electrons. The Morgan fingerprint density at radius 2 is 1.17 bits per heavy atom. The summed E-state index contributed by atoms with van der Waals surface area (Å²) in [5, 5.41) is 52.7. The third-order valence-electron chi connectivity index (χ3n) is 6.71. The standard InChI is InChI=1S/C31H20O10/c1-39-17-8-4-15(5-9-17)23-12-21(36)27-25(40-23)13-22(37)28(30(27)38)29-19(34)10-18(33)26-20(35)11-24(41-31(26)29)14-2-6-16(32)7-3-14/h2-13,32-34,37-38H,1H3. The maximum atomic E-state index is 13.2. The van der Waals surface area contributed by atoms with Crippen molar-refractivity contribution >= 4 is 21.9 Å². The molecule has 0 unspecified atom stereocenters. The Morgan fingerprint density at radius 3 is 1.80 bits per heavy atom. The molecule has 0 saturated heterocycles. The van der Waals surface area contributed by atoms with Crippen LogP contribution in [-0.2, 0) is 0 Å². The Labute approximate surface area is 229 Å². The molecule has 0 spiro atoms. The van der Waals surface area contributed by atoms with Crippen LogP contribution in [0.25, 0.3) is 55.7 Å². The van der Waals surface area contributed by atoms with Gasteiger partial charge in [0.05, 0.1) is 18.2 Å². The van der Waals surface area contributed by atoms with Crippen molar-refractivity contribution in [2.24, 2.45) is 0 Å². The van der Waals surface area contributed by atoms with Crippen LogP contribution in [0.1, 0.15) is 0 Å². The van der Waals surface area contributed by atoms with Gasteiger partial charge in [0.1, 0.15) is 62.4 Å². The average molecular weight is 552 g/mol. The first-order valence-corrected chi connectivity index (χ1v) is 12.2. The van der Waals surface area contributed by atoms with Crippen LogP contribution < -0.4 is 15.6 Å². The second-order valence-corrected chi connectivity index (χ2v) is 9.21. The number of phenolic OH excluding ortho intramolecular Hbond substituents is 5. The van der Waals surface area contributed by atoms with Gasteiger partial charge in [0.15, 0.2) is 16.4 Å². The third kappa shape index (κ3) is 4.14. The molecule has 0 aliphatic rings. The molecule has 5 N–H and O–H groups in total. The summed E-state index contributed by atoms with van der Waals surface area (Å²) in [6, 6.07) is 16.7. The monoisotopic (exact) mass is 552 g/mol. The predicted molar refractivity (Wildman–Crippen MR) is 150 cm³/mol. The van der Waals surface area contributed by atoms with Crippen molar-refractivity contribution in [2.45, 2.75) is 0 Å². The van der Waals surface area contributed by atoms with Crippen molar-refractivity contribution in [1.29, 1.82) is 0 Å². The molecule has 0 radical (unpaired) electrons. The van der Waals surface area contributed by atoms with Crippen LogP contribution in [-0.4, -0.2) is 32.6 Å². The second kappa shape index (κ2) is 9.38. The highest BCUT2D eigenvalue weighted by molar-refractivity contribution is 6.06. The molecule has 2 aromatic heterocycles. The number of ether oxygens (including phenoxy) is 1. The van der Waals surface area contributed by atoms with Gasteiger partial charge in [-0.05, 0) is 48.5 Å². The number of aromatic hydroxyl groups is 5. The van der Waals surface area contributed by atoms with E-state index in [1.165, 1.54) is 37.4 Å². The van der Waals surface area contributed by atoms with E-state index in [4.69, 9.17) is 13.6 Å². The zero-order valence-electron chi connectivity index (χ0n) is 21.2. The summed E-state index contributed by atoms with van der Waals surface area (Å²) < 4.78 is 16.9. The number of methoxy groups -OCH3 is 1. The molecule has 6 aromatic rings. The van der Waals surface area contributed by atoms with Gasteiger partial charge in [0.2, 0.25) is 0 Å². The largest absolute Gasteiger partial charge is 0.508 e. The van der Waals surface area contributed by atoms with Crippen molar-refractivity contribution in [1.82, 2.24) is 0 Å². The lowest BCUT2D eigenvalue weighted by Crippen LogP contribution is -2.04. The maximum Gasteiger partial charge on any atom is 0.197 e. The van der Waals surface area contributed by atoms with Gasteiger partial charge < -0.3 is 39.1 Å². The minimum Gasteiger partial charge on any atom is -0.508 e. The molecule has 10 heteroatoms. The molecule has 4 aromatic carbocycles. The lowest BCUT2D eigenvalue weighted by molar-refractivity contribution is 0.415. The molecule has 2 heterocycles. The number of hydrogen-bond acceptors (Lipinski definition) is 10. The second-order valence-electron chi connectivity index (χ2n) is 9.21. The van der Waals surface area contributed by atoms with Gasteiger partial charge >= 0.3 is 0 Å². The molecule has 0 amide bonds. The van der Waals surface area contributed by atoms with E-state index in [9.17, 15) is 35.1 Å². The molecule has 0 saturated carbocycles. The highest BCUT2D eigenvalue weighted by Crippen LogP contribution is 2.50. The van der Waals surface area contributed by atoms with Crippen molar-refractivity contribution < 1.29 is 39.1 Å². The van der Waals surface area contributed by atoms with Gasteiger partial charge in [-0.2, -0.15) is 0 Å². The van der Waals surface area contributed by atoms with E-state index in [0.717, 1.165) is 18.2 Å². The van der Waals surface area contributed by atoms with Crippen molar-refractivity contribution in [2.75, 3.05) is 7.11 Å². The van der Waals surface area contributed by atoms with E-state index in [0.29, 0.717) is 16.9 Å². The molecule has 10 nitrogen and oxygen atoms in total. The van der Waals surface area contributed by atoms with Gasteiger partial charge in [-0.25, -0.2) is 0 Å². The smallest absolute Gasteiger partial charge is 0.197 e. The average Bonchev–Trinajstić information content (AvgIpc) is 2.94. The van der Waals surface area contributed by atoms with Crippen molar-refractivity contribution in [3.63, 3.8) is 0 Å². The molecule has 0 atom stereocenters. The summed E-state index contributed by atoms with van der Waals surface area (Å²) in [7, 11) is 1.52. The number of phenols is 5. The van der Waals surface area contributed by atoms with Crippen LogP contribution in [0.15, 0.2) is 91.2 Å². The van der Waals surface area contributed by atoms with Gasteiger partial charge in [0, 0.05) is 35.4 Å². The zero-order valence-corrected chi connectivity index (χ0v) is 21.2. The van der Waals surface area contributed by atoms with E-state index >= 15 is 0 Å². The van der Waals surface area contributed by atoms with Gasteiger partial charge in [0.25, 0.3) is 0 Å². The first kappa shape index (κ1) is 25.4. The summed E-state index contributed by atoms with van der Waals surface area (Å²) in [5.41, 5.74) is -1.67. The molecule has 0 fully saturated rings. The molecule has 0 aliphatic heterocycles. The Hall–Kier alpha value is -5.90. The molecule has 6 rings (SSSR count). The van der Waals surface area contributed by atoms with Crippen LogP contribution >= 0.6 is 0 Å². The summed E-state index contributed by atoms with van der Waals surface area (Å²) in [6.45, 7) is 0. The Bertz CT molecular complexity index is 2100. The highest BCUT2D eigenvalue weighted by atomic mass is 16.5. The molecular formula is C31H20O10. The Kier molecular flexibility index (Phi) is 5.81. The summed E-state index contributed by atoms with van der Waals surface area (Å²) >= 11 is 0. The van der Waals surface area contributed by atoms with E-state index in [1.807, 2.05) is 0 Å². The fraction of sp³-hybridized carbons (Fsp3) is 0.0323. The maximum absolute atomic E-state index is 13.2. The third-order valence-corrected chi connectivity index (χ3v) is 6.71. The van der Waals surface area contributed by atoms with Gasteiger partial charge in [-0.3, -0.25) is 9.59 Å². The minimum absolute atomic E-state index is 0.0113. The number of benzene rings is 4. The predicted octanol–water partition coefficient (Wildman–Crippen LogP) is 5.44. The number of hydrogen-bond donors (Lipinski definition) is 5. The lowest BCUT2D eigenvalue weighted by Gasteiger charge is -2.15. The summed E-state index contributed by atoms with van der Waals surface area (Å²) in [5.74, 6) is -1.84. The summed E-state index contributed by atoms with van der Waals surface area (Å²) in [4.78, 5) is 26.3. The van der Waals surface area contributed by atoms with Crippen molar-refractivity contribution in [3.8, 4) is 68.3 Å². The normalized spacial score (nSPS) is 11.2. The minimum atomic E-state index is -0.741. The van der Waals surface area contributed by atoms with E-state index in [-0.39, 0.29) is 44.8 Å². The van der Waals surface area contributed by atoms with E-state index in [1.54, 1.807) is 24.3 Å². The van der Waals surface area contributed by atoms with Gasteiger partial charge in [-0.1, -0.05) is 0 Å². The number of rotatable bonds is 4. The molecule has 0 bridgehead atoms. The Balaban J connectivity index is 1.62. The molecule has 41 heavy (non-hydrogen) atoms. The Morgan fingerprint density at radius 1 is 0.610 bits per heavy atom. The topological polar surface area (TPSA) is 171 Å². The van der Waals surface area contributed by atoms with Gasteiger partial charge in [-0.15, -0.1) is 0 Å². The van der Waals surface area contributed by atoms with Crippen LogP contribution in [0.5, 0.6) is 34.5 Å². The van der Waals surface area contributed by atoms with E-state index < -0.39 is 39.4 Å². The zero-order chi connectivity index (χ0) is 29.0. The molecular weight excluding hydrogens is 532 g/mol. The molecule has 0 aliphatic carbocycles. The van der Waals surface area contributed by atoms with Crippen LogP contribution in [0.2, 0.25) is 0 Å². The SMILES string of the molecule is COc1ccc(-c2cc(=O)c3c(O)c(-c4c(O)cc(O)c5c(=O)cc(-c6ccc(O)cc6)oc45)c(O)cc3o2)cc1. The van der Waals surface area contributed by atoms with E-state index in [2.05, 4.69) is 0 Å². The van der Waals surface area contributed by atoms with Crippen molar-refractivity contribution in [3.05, 3.63) is 93.2 Å². The fourth-order valence-electron chi connectivity index (χ4n) is 4.75.